The van der Waals surface area contributed by atoms with Gasteiger partial charge >= 0.3 is 0 Å². The Labute approximate surface area is 226 Å². The fraction of sp³-hybridized carbons (Fsp3) is 0.379. The predicted octanol–water partition coefficient (Wildman–Crippen LogP) is 4.77. The summed E-state index contributed by atoms with van der Waals surface area (Å²) >= 11 is 0. The molecule has 0 spiro atoms. The van der Waals surface area contributed by atoms with Crippen molar-refractivity contribution in [2.75, 3.05) is 38.8 Å². The summed E-state index contributed by atoms with van der Waals surface area (Å²) in [5.74, 6) is 6.24. The van der Waals surface area contributed by atoms with E-state index >= 15 is 0 Å². The Morgan fingerprint density at radius 2 is 2.08 bits per heavy atom. The van der Waals surface area contributed by atoms with Gasteiger partial charge in [0.1, 0.15) is 12.5 Å². The third-order valence-electron chi connectivity index (χ3n) is 6.78. The molecule has 1 aliphatic rings. The van der Waals surface area contributed by atoms with Crippen molar-refractivity contribution in [1.82, 2.24) is 30.0 Å². The van der Waals surface area contributed by atoms with Crippen LogP contribution in [0.25, 0.3) is 22.2 Å². The lowest BCUT2D eigenvalue weighted by Gasteiger charge is -2.23. The third kappa shape index (κ3) is 6.66. The minimum Gasteiger partial charge on any atom is -0.439 e. The summed E-state index contributed by atoms with van der Waals surface area (Å²) in [5.41, 5.74) is 3.99. The summed E-state index contributed by atoms with van der Waals surface area (Å²) in [6, 6.07) is 16.7. The number of benzene rings is 1. The third-order valence-corrected chi connectivity index (χ3v) is 7.65. The van der Waals surface area contributed by atoms with Crippen molar-refractivity contribution >= 4 is 27.3 Å². The zero-order valence-electron chi connectivity index (χ0n) is 22.2. The molecule has 0 aliphatic carbocycles. The lowest BCUT2D eigenvalue weighted by molar-refractivity contribution is 0.0824. The fourth-order valence-electron chi connectivity index (χ4n) is 4.82. The minimum absolute atomic E-state index is 0.127. The Morgan fingerprint density at radius 3 is 2.89 bits per heavy atom. The van der Waals surface area contributed by atoms with Crippen molar-refractivity contribution in [2.45, 2.75) is 32.2 Å². The number of hydrogen-bond acceptors (Lipinski definition) is 7. The molecule has 9 heteroatoms. The zero-order chi connectivity index (χ0) is 26.3. The van der Waals surface area contributed by atoms with Gasteiger partial charge in [-0.15, -0.1) is 0 Å². The topological polar surface area (TPSA) is 77.3 Å². The summed E-state index contributed by atoms with van der Waals surface area (Å²) in [6.45, 7) is 4.12. The van der Waals surface area contributed by atoms with E-state index in [1.54, 1.807) is 12.4 Å². The Bertz CT molecular complexity index is 1370. The molecular formula is C29H36N6O2S. The van der Waals surface area contributed by atoms with Gasteiger partial charge in [0.2, 0.25) is 5.88 Å². The Hall–Kier alpha value is -3.11. The number of nitrogens with zero attached hydrogens (tertiary/aromatic N) is 5. The smallest absolute Gasteiger partial charge is 0.219 e. The van der Waals surface area contributed by atoms with Crippen LogP contribution in [0.15, 0.2) is 60.9 Å². The van der Waals surface area contributed by atoms with Crippen LogP contribution in [0, 0.1) is 0 Å². The normalized spacial score (nSPS) is 16.7. The van der Waals surface area contributed by atoms with Crippen LogP contribution in [0.3, 0.4) is 0 Å². The van der Waals surface area contributed by atoms with Crippen molar-refractivity contribution in [1.29, 1.82) is 0 Å². The highest BCUT2D eigenvalue weighted by Gasteiger charge is 2.24. The number of rotatable bonds is 12. The summed E-state index contributed by atoms with van der Waals surface area (Å²) in [7, 11) is 2.15. The lowest BCUT2D eigenvalue weighted by atomic mass is 10.1. The van der Waals surface area contributed by atoms with E-state index in [2.05, 4.69) is 44.6 Å². The molecule has 0 radical (unpaired) electrons. The van der Waals surface area contributed by atoms with E-state index in [0.29, 0.717) is 25.3 Å². The summed E-state index contributed by atoms with van der Waals surface area (Å²) < 4.78 is 13.7. The van der Waals surface area contributed by atoms with E-state index in [-0.39, 0.29) is 10.5 Å². The number of likely N-dealkylation sites (tertiary alicyclic amines) is 1. The molecule has 1 fully saturated rings. The molecule has 4 aromatic rings. The van der Waals surface area contributed by atoms with Gasteiger partial charge in [0.05, 0.1) is 23.5 Å². The average Bonchev–Trinajstić information content (AvgIpc) is 3.57. The average molecular weight is 533 g/mol. The molecule has 200 valence electrons. The molecule has 38 heavy (non-hydrogen) atoms. The number of hydrogen-bond donors (Lipinski definition) is 1. The molecule has 1 unspecified atom stereocenters. The Balaban J connectivity index is 1.21. The summed E-state index contributed by atoms with van der Waals surface area (Å²) in [6.07, 6.45) is 8.19. The van der Waals surface area contributed by atoms with Crippen molar-refractivity contribution in [3.05, 3.63) is 66.6 Å². The van der Waals surface area contributed by atoms with Gasteiger partial charge in [0.15, 0.2) is 0 Å². The van der Waals surface area contributed by atoms with Crippen molar-refractivity contribution < 1.29 is 9.47 Å². The zero-order valence-corrected chi connectivity index (χ0v) is 23.0. The standard InChI is InChI=1S/C29H36N6O2S/c1-30-19-25-5-4-14-34(25)20-24-8-6-22-17-26(9-10-27(22)33-24)37-29-11-7-23(18-31-29)28-12-13-32-35(28)21-36-15-16-38(2)3/h6-13,17-18,25,30H,2,4-5,14-16,19-21H2,1,3H3/t25?,38-/m0/s1. The highest BCUT2D eigenvalue weighted by atomic mass is 32.2. The molecule has 3 aromatic heterocycles. The monoisotopic (exact) mass is 532 g/mol. The first kappa shape index (κ1) is 26.5. The van der Waals surface area contributed by atoms with Crippen molar-refractivity contribution in [3.63, 3.8) is 0 Å². The van der Waals surface area contributed by atoms with Crippen LogP contribution in [0.2, 0.25) is 0 Å². The van der Waals surface area contributed by atoms with Crippen molar-refractivity contribution in [2.24, 2.45) is 0 Å². The second-order valence-electron chi connectivity index (χ2n) is 9.71. The van der Waals surface area contributed by atoms with Crippen LogP contribution in [0.1, 0.15) is 18.5 Å². The van der Waals surface area contributed by atoms with Crippen LogP contribution >= 0.6 is 10.5 Å². The van der Waals surface area contributed by atoms with E-state index in [9.17, 15) is 0 Å². The molecule has 0 bridgehead atoms. The SMILES string of the molecule is C=[S@@](C)CCOCn1nccc1-c1ccc(Oc2ccc3nc(CN4CCCC4CNC)ccc3c2)nc1. The quantitative estimate of drug-likeness (QED) is 0.208. The van der Waals surface area contributed by atoms with Crippen LogP contribution in [0.5, 0.6) is 11.6 Å². The molecular weight excluding hydrogens is 496 g/mol. The molecule has 1 N–H and O–H groups in total. The summed E-state index contributed by atoms with van der Waals surface area (Å²) in [4.78, 5) is 12.0. The van der Waals surface area contributed by atoms with Gasteiger partial charge in [-0.2, -0.15) is 15.6 Å². The van der Waals surface area contributed by atoms with Crippen LogP contribution in [-0.4, -0.2) is 75.3 Å². The molecule has 0 amide bonds. The number of ether oxygens (including phenoxy) is 2. The molecule has 5 rings (SSSR count). The maximum Gasteiger partial charge on any atom is 0.219 e. The van der Waals surface area contributed by atoms with Gasteiger partial charge in [0.25, 0.3) is 0 Å². The van der Waals surface area contributed by atoms with Crippen LogP contribution in [-0.2, 0) is 18.0 Å². The summed E-state index contributed by atoms with van der Waals surface area (Å²) in [5, 5.41) is 8.75. The molecule has 2 atom stereocenters. The van der Waals surface area contributed by atoms with Crippen LogP contribution in [0.4, 0.5) is 0 Å². The molecule has 1 aliphatic heterocycles. The van der Waals surface area contributed by atoms with Crippen LogP contribution < -0.4 is 10.1 Å². The number of fused-ring (bicyclic) bond motifs is 1. The first-order valence-electron chi connectivity index (χ1n) is 13.0. The second kappa shape index (κ2) is 12.6. The first-order chi connectivity index (χ1) is 18.6. The van der Waals surface area contributed by atoms with E-state index in [0.717, 1.165) is 59.0 Å². The Morgan fingerprint density at radius 1 is 1.16 bits per heavy atom. The lowest BCUT2D eigenvalue weighted by Crippen LogP contribution is -2.36. The van der Waals surface area contributed by atoms with Gasteiger partial charge in [-0.1, -0.05) is 11.9 Å². The maximum atomic E-state index is 6.06. The molecule has 4 heterocycles. The molecule has 8 nitrogen and oxygen atoms in total. The van der Waals surface area contributed by atoms with E-state index in [1.807, 2.05) is 48.1 Å². The highest BCUT2D eigenvalue weighted by molar-refractivity contribution is 8.13. The number of aromatic nitrogens is 4. The first-order valence-corrected chi connectivity index (χ1v) is 15.0. The fourth-order valence-corrected chi connectivity index (χ4v) is 5.22. The highest BCUT2D eigenvalue weighted by Crippen LogP contribution is 2.27. The maximum absolute atomic E-state index is 6.06. The van der Waals surface area contributed by atoms with E-state index in [1.165, 1.54) is 12.8 Å². The van der Waals surface area contributed by atoms with E-state index in [4.69, 9.17) is 14.5 Å². The number of likely N-dealkylation sites (N-methyl/N-ethyl adjacent to an activating group) is 1. The predicted molar refractivity (Wildman–Crippen MR) is 156 cm³/mol. The second-order valence-corrected chi connectivity index (χ2v) is 11.7. The molecule has 1 aromatic carbocycles. The molecule has 1 saturated heterocycles. The van der Waals surface area contributed by atoms with Gasteiger partial charge < -0.3 is 14.8 Å². The largest absolute Gasteiger partial charge is 0.439 e. The van der Waals surface area contributed by atoms with Gasteiger partial charge in [0, 0.05) is 54.3 Å². The molecule has 0 saturated carbocycles. The van der Waals surface area contributed by atoms with E-state index < -0.39 is 0 Å². The number of nitrogens with one attached hydrogen (secondary N) is 1. The minimum atomic E-state index is 0.127. The van der Waals surface area contributed by atoms with Crippen molar-refractivity contribution in [3.8, 4) is 22.9 Å². The van der Waals surface area contributed by atoms with Gasteiger partial charge in [-0.05, 0) is 69.1 Å². The Kier molecular flexibility index (Phi) is 8.80. The van der Waals surface area contributed by atoms with Gasteiger partial charge in [-0.3, -0.25) is 9.88 Å². The van der Waals surface area contributed by atoms with Gasteiger partial charge in [-0.25, -0.2) is 9.67 Å². The number of pyridine rings is 2.